The van der Waals surface area contributed by atoms with Gasteiger partial charge in [0, 0.05) is 12.1 Å². The summed E-state index contributed by atoms with van der Waals surface area (Å²) >= 11 is 0. The molecular weight excluding hydrogens is 276 g/mol. The highest BCUT2D eigenvalue weighted by molar-refractivity contribution is 7.89. The fourth-order valence-corrected chi connectivity index (χ4v) is 2.73. The van der Waals surface area contributed by atoms with E-state index in [0.29, 0.717) is 12.3 Å². The first kappa shape index (κ1) is 16.9. The molecule has 0 saturated heterocycles. The lowest BCUT2D eigenvalue weighted by Gasteiger charge is -2.23. The normalized spacial score (nSPS) is 14.8. The average Bonchev–Trinajstić information content (AvgIpc) is 2.43. The van der Waals surface area contributed by atoms with Crippen LogP contribution in [0.25, 0.3) is 0 Å². The summed E-state index contributed by atoms with van der Waals surface area (Å²) in [6.45, 7) is 6.42. The van der Waals surface area contributed by atoms with Crippen LogP contribution in [0, 0.1) is 0 Å². The van der Waals surface area contributed by atoms with Gasteiger partial charge >= 0.3 is 0 Å². The molecule has 3 N–H and O–H groups in total. The Hall–Kier alpha value is -1.11. The third-order valence-corrected chi connectivity index (χ3v) is 4.55. The fraction of sp³-hybridized carbons (Fsp3) is 0.571. The Balaban J connectivity index is 2.94. The van der Waals surface area contributed by atoms with Gasteiger partial charge in [-0.05, 0) is 31.9 Å². The van der Waals surface area contributed by atoms with Crippen LogP contribution in [0.2, 0.25) is 0 Å². The zero-order chi connectivity index (χ0) is 15.2. The number of nitrogens with one attached hydrogen (secondary N) is 1. The Morgan fingerprint density at radius 1 is 1.30 bits per heavy atom. The fourth-order valence-electron chi connectivity index (χ4n) is 1.45. The maximum atomic E-state index is 12.2. The second-order valence-electron chi connectivity index (χ2n) is 5.14. The lowest BCUT2D eigenvalue weighted by molar-refractivity contribution is 0.221. The summed E-state index contributed by atoms with van der Waals surface area (Å²) in [7, 11) is -3.54. The van der Waals surface area contributed by atoms with Crippen LogP contribution < -0.4 is 15.2 Å². The summed E-state index contributed by atoms with van der Waals surface area (Å²) in [5.41, 5.74) is 5.53. The Labute approximate surface area is 121 Å². The van der Waals surface area contributed by atoms with E-state index in [9.17, 15) is 8.42 Å². The summed E-state index contributed by atoms with van der Waals surface area (Å²) in [6.07, 6.45) is 1.48. The minimum Gasteiger partial charge on any atom is -0.490 e. The molecular formula is C14H24N2O3S. The first-order valence-corrected chi connectivity index (χ1v) is 8.31. The van der Waals surface area contributed by atoms with Crippen molar-refractivity contribution in [3.8, 4) is 5.75 Å². The molecule has 0 radical (unpaired) electrons. The molecule has 0 saturated carbocycles. The number of benzene rings is 1. The van der Waals surface area contributed by atoms with Crippen molar-refractivity contribution in [2.75, 3.05) is 13.2 Å². The van der Waals surface area contributed by atoms with Crippen LogP contribution >= 0.6 is 0 Å². The van der Waals surface area contributed by atoms with Crippen LogP contribution in [0.4, 0.5) is 0 Å². The van der Waals surface area contributed by atoms with Crippen LogP contribution in [-0.4, -0.2) is 27.1 Å². The van der Waals surface area contributed by atoms with Crippen LogP contribution in [0.1, 0.15) is 33.6 Å². The molecule has 1 unspecified atom stereocenters. The molecule has 0 aliphatic rings. The molecule has 0 fully saturated rings. The molecule has 1 rings (SSSR count). The molecule has 0 bridgehead atoms. The van der Waals surface area contributed by atoms with E-state index < -0.39 is 15.6 Å². The molecule has 0 spiro atoms. The van der Waals surface area contributed by atoms with Crippen molar-refractivity contribution < 1.29 is 13.2 Å². The summed E-state index contributed by atoms with van der Waals surface area (Å²) in [6, 6.07) is 6.60. The maximum absolute atomic E-state index is 12.2. The van der Waals surface area contributed by atoms with Gasteiger partial charge in [-0.15, -0.1) is 0 Å². The molecule has 1 aromatic carbocycles. The molecule has 6 heteroatoms. The van der Waals surface area contributed by atoms with Crippen LogP contribution in [0.15, 0.2) is 29.2 Å². The molecule has 114 valence electrons. The van der Waals surface area contributed by atoms with E-state index in [-0.39, 0.29) is 11.5 Å². The highest BCUT2D eigenvalue weighted by atomic mass is 32.2. The summed E-state index contributed by atoms with van der Waals surface area (Å²) in [4.78, 5) is 0.153. The van der Waals surface area contributed by atoms with Crippen molar-refractivity contribution in [3.05, 3.63) is 24.3 Å². The Morgan fingerprint density at radius 2 is 1.95 bits per heavy atom. The van der Waals surface area contributed by atoms with E-state index in [0.717, 1.165) is 12.8 Å². The number of hydrogen-bond donors (Lipinski definition) is 2. The summed E-state index contributed by atoms with van der Waals surface area (Å²) < 4.78 is 32.5. The van der Waals surface area contributed by atoms with E-state index in [1.54, 1.807) is 18.2 Å². The largest absolute Gasteiger partial charge is 0.490 e. The summed E-state index contributed by atoms with van der Waals surface area (Å²) in [5.74, 6) is 0.334. The molecule has 0 aromatic heterocycles. The Morgan fingerprint density at radius 3 is 2.55 bits per heavy atom. The van der Waals surface area contributed by atoms with E-state index in [1.165, 1.54) is 6.07 Å². The summed E-state index contributed by atoms with van der Waals surface area (Å²) in [5, 5.41) is 0. The number of rotatable bonds is 8. The number of sulfonamides is 1. The Bertz CT molecular complexity index is 527. The van der Waals surface area contributed by atoms with Gasteiger partial charge in [0.15, 0.2) is 0 Å². The maximum Gasteiger partial charge on any atom is 0.244 e. The van der Waals surface area contributed by atoms with Crippen LogP contribution in [0.5, 0.6) is 5.75 Å². The van der Waals surface area contributed by atoms with Crippen molar-refractivity contribution in [3.63, 3.8) is 0 Å². The standard InChI is InChI=1S/C14H24N2O3S/c1-4-10-16-20(17,18)13-9-7-6-8-12(13)19-11-14(3,15)5-2/h6-9,16H,4-5,10-11,15H2,1-3H3. The van der Waals surface area contributed by atoms with Gasteiger partial charge in [-0.2, -0.15) is 0 Å². The lowest BCUT2D eigenvalue weighted by atomic mass is 10.0. The van der Waals surface area contributed by atoms with E-state index in [4.69, 9.17) is 10.5 Å². The number of nitrogens with two attached hydrogens (primary N) is 1. The molecule has 0 amide bonds. The quantitative estimate of drug-likeness (QED) is 0.768. The van der Waals surface area contributed by atoms with Crippen LogP contribution in [-0.2, 0) is 10.0 Å². The van der Waals surface area contributed by atoms with Gasteiger partial charge in [0.2, 0.25) is 10.0 Å². The minimum atomic E-state index is -3.54. The minimum absolute atomic E-state index is 0.153. The van der Waals surface area contributed by atoms with Gasteiger partial charge in [-0.3, -0.25) is 0 Å². The third kappa shape index (κ3) is 4.77. The third-order valence-electron chi connectivity index (χ3n) is 3.05. The average molecular weight is 300 g/mol. The van der Waals surface area contributed by atoms with Crippen molar-refractivity contribution in [1.29, 1.82) is 0 Å². The zero-order valence-corrected chi connectivity index (χ0v) is 13.2. The lowest BCUT2D eigenvalue weighted by Crippen LogP contribution is -2.41. The van der Waals surface area contributed by atoms with E-state index in [1.807, 2.05) is 20.8 Å². The smallest absolute Gasteiger partial charge is 0.244 e. The molecule has 0 aliphatic heterocycles. The zero-order valence-electron chi connectivity index (χ0n) is 12.3. The SMILES string of the molecule is CCCNS(=O)(=O)c1ccccc1OCC(C)(N)CC. The van der Waals surface area contributed by atoms with E-state index in [2.05, 4.69) is 4.72 Å². The van der Waals surface area contributed by atoms with Gasteiger partial charge in [0.1, 0.15) is 17.3 Å². The highest BCUT2D eigenvalue weighted by Gasteiger charge is 2.21. The first-order valence-electron chi connectivity index (χ1n) is 6.83. The molecule has 1 aromatic rings. The Kier molecular flexibility index (Phi) is 5.98. The molecule has 1 atom stereocenters. The second-order valence-corrected chi connectivity index (χ2v) is 6.88. The number of para-hydroxylation sites is 1. The molecule has 0 aliphatic carbocycles. The van der Waals surface area contributed by atoms with Crippen molar-refractivity contribution in [2.45, 2.75) is 44.0 Å². The van der Waals surface area contributed by atoms with Gasteiger partial charge in [-0.25, -0.2) is 13.1 Å². The van der Waals surface area contributed by atoms with Gasteiger partial charge in [0.05, 0.1) is 0 Å². The number of hydrogen-bond acceptors (Lipinski definition) is 4. The monoisotopic (exact) mass is 300 g/mol. The predicted molar refractivity (Wildman–Crippen MR) is 80.3 cm³/mol. The van der Waals surface area contributed by atoms with Gasteiger partial charge in [0.25, 0.3) is 0 Å². The van der Waals surface area contributed by atoms with E-state index >= 15 is 0 Å². The first-order chi connectivity index (χ1) is 9.32. The van der Waals surface area contributed by atoms with Crippen molar-refractivity contribution >= 4 is 10.0 Å². The number of ether oxygens (including phenoxy) is 1. The topological polar surface area (TPSA) is 81.4 Å². The van der Waals surface area contributed by atoms with Crippen molar-refractivity contribution in [2.24, 2.45) is 5.73 Å². The van der Waals surface area contributed by atoms with Gasteiger partial charge < -0.3 is 10.5 Å². The van der Waals surface area contributed by atoms with Crippen LogP contribution in [0.3, 0.4) is 0 Å². The molecule has 0 heterocycles. The van der Waals surface area contributed by atoms with Crippen molar-refractivity contribution in [1.82, 2.24) is 4.72 Å². The van der Waals surface area contributed by atoms with Gasteiger partial charge in [-0.1, -0.05) is 26.0 Å². The second kappa shape index (κ2) is 7.06. The predicted octanol–water partition coefficient (Wildman–Crippen LogP) is 1.88. The molecule has 20 heavy (non-hydrogen) atoms. The highest BCUT2D eigenvalue weighted by Crippen LogP contribution is 2.24. The molecule has 5 nitrogen and oxygen atoms in total.